The van der Waals surface area contributed by atoms with E-state index in [1.54, 1.807) is 11.3 Å². The fourth-order valence-corrected chi connectivity index (χ4v) is 3.37. The minimum Gasteiger partial charge on any atom is -0.348 e. The molecule has 3 atom stereocenters. The Morgan fingerprint density at radius 2 is 1.87 bits per heavy atom. The van der Waals surface area contributed by atoms with Crippen LogP contribution < -0.4 is 11.1 Å². The Morgan fingerprint density at radius 3 is 2.43 bits per heavy atom. The zero-order chi connectivity index (χ0) is 17.1. The average molecular weight is 352 g/mol. The van der Waals surface area contributed by atoms with E-state index in [2.05, 4.69) is 10.3 Å². The number of hydrogen-bond acceptors (Lipinski definition) is 4. The van der Waals surface area contributed by atoms with Crippen LogP contribution in [-0.4, -0.2) is 16.9 Å². The Hall–Kier alpha value is -1.43. The molecule has 4 nitrogen and oxygen atoms in total. The number of nitrogens with two attached hydrogens (primary N) is 1. The quantitative estimate of drug-likeness (QED) is 0.857. The fourth-order valence-electron chi connectivity index (χ4n) is 2.18. The predicted molar refractivity (Wildman–Crippen MR) is 96.7 cm³/mol. The first-order valence-corrected chi connectivity index (χ1v) is 8.78. The van der Waals surface area contributed by atoms with Crippen molar-refractivity contribution in [2.24, 2.45) is 11.7 Å². The number of aromatic nitrogens is 1. The Labute approximate surface area is 146 Å². The van der Waals surface area contributed by atoms with Crippen molar-refractivity contribution in [3.05, 3.63) is 39.9 Å². The summed E-state index contributed by atoms with van der Waals surface area (Å²) in [5.74, 6) is -0.255. The predicted octanol–water partition coefficient (Wildman–Crippen LogP) is 3.93. The number of benzene rings is 1. The minimum atomic E-state index is -0.221. The third-order valence-corrected chi connectivity index (χ3v) is 5.52. The van der Waals surface area contributed by atoms with Crippen LogP contribution in [0.15, 0.2) is 24.3 Å². The van der Waals surface area contributed by atoms with Gasteiger partial charge in [-0.05, 0) is 32.9 Å². The van der Waals surface area contributed by atoms with E-state index in [-0.39, 0.29) is 23.9 Å². The van der Waals surface area contributed by atoms with Crippen molar-refractivity contribution in [3.8, 4) is 10.6 Å². The summed E-state index contributed by atoms with van der Waals surface area (Å²) in [5, 5.41) is 4.65. The molecule has 0 fully saturated rings. The maximum Gasteiger partial charge on any atom is 0.224 e. The molecule has 0 bridgehead atoms. The van der Waals surface area contributed by atoms with E-state index in [0.29, 0.717) is 5.02 Å². The van der Waals surface area contributed by atoms with Crippen molar-refractivity contribution in [3.63, 3.8) is 0 Å². The lowest BCUT2D eigenvalue weighted by molar-refractivity contribution is -0.125. The van der Waals surface area contributed by atoms with Crippen LogP contribution in [-0.2, 0) is 4.79 Å². The number of aryl methyl sites for hydroxylation is 1. The van der Waals surface area contributed by atoms with Gasteiger partial charge in [0.1, 0.15) is 5.01 Å². The van der Waals surface area contributed by atoms with Crippen molar-refractivity contribution < 1.29 is 4.79 Å². The molecular weight excluding hydrogens is 330 g/mol. The molecule has 0 aliphatic rings. The van der Waals surface area contributed by atoms with Crippen LogP contribution in [0.4, 0.5) is 0 Å². The summed E-state index contributed by atoms with van der Waals surface area (Å²) in [6.07, 6.45) is 0. The second-order valence-electron chi connectivity index (χ2n) is 5.85. The van der Waals surface area contributed by atoms with Crippen molar-refractivity contribution in [1.29, 1.82) is 0 Å². The highest BCUT2D eigenvalue weighted by Gasteiger charge is 2.22. The molecule has 1 heterocycles. The Kier molecular flexibility index (Phi) is 5.79. The molecule has 2 rings (SSSR count). The molecule has 23 heavy (non-hydrogen) atoms. The van der Waals surface area contributed by atoms with Gasteiger partial charge in [-0.1, -0.05) is 30.7 Å². The summed E-state index contributed by atoms with van der Waals surface area (Å²) in [6, 6.07) is 7.33. The Bertz CT molecular complexity index is 682. The van der Waals surface area contributed by atoms with Gasteiger partial charge in [0.15, 0.2) is 0 Å². The number of thiazole rings is 1. The smallest absolute Gasteiger partial charge is 0.224 e. The molecule has 1 amide bonds. The SMILES string of the molecule is Cc1nc(-c2ccc(Cl)cc2)sc1C(C)NC(=O)C(C)C(C)N. The number of hydrogen-bond donors (Lipinski definition) is 2. The highest BCUT2D eigenvalue weighted by atomic mass is 35.5. The van der Waals surface area contributed by atoms with Gasteiger partial charge in [-0.25, -0.2) is 4.98 Å². The summed E-state index contributed by atoms with van der Waals surface area (Å²) >= 11 is 7.51. The maximum atomic E-state index is 12.2. The normalized spacial score (nSPS) is 15.0. The first-order chi connectivity index (χ1) is 10.8. The summed E-state index contributed by atoms with van der Waals surface area (Å²) in [7, 11) is 0. The van der Waals surface area contributed by atoms with E-state index < -0.39 is 0 Å². The van der Waals surface area contributed by atoms with E-state index in [9.17, 15) is 4.79 Å². The number of amides is 1. The van der Waals surface area contributed by atoms with Gasteiger partial charge < -0.3 is 11.1 Å². The number of nitrogens with one attached hydrogen (secondary N) is 1. The summed E-state index contributed by atoms with van der Waals surface area (Å²) in [4.78, 5) is 17.8. The largest absolute Gasteiger partial charge is 0.348 e. The van der Waals surface area contributed by atoms with Crippen molar-refractivity contribution in [2.45, 2.75) is 39.8 Å². The average Bonchev–Trinajstić information content (AvgIpc) is 2.89. The number of carbonyl (C=O) groups is 1. The molecule has 3 N–H and O–H groups in total. The lowest BCUT2D eigenvalue weighted by Crippen LogP contribution is -2.39. The van der Waals surface area contributed by atoms with Crippen LogP contribution in [0.1, 0.15) is 37.4 Å². The van der Waals surface area contributed by atoms with Crippen LogP contribution in [0, 0.1) is 12.8 Å². The Balaban J connectivity index is 2.17. The lowest BCUT2D eigenvalue weighted by Gasteiger charge is -2.19. The second-order valence-corrected chi connectivity index (χ2v) is 7.32. The summed E-state index contributed by atoms with van der Waals surface area (Å²) < 4.78 is 0. The maximum absolute atomic E-state index is 12.2. The van der Waals surface area contributed by atoms with E-state index in [1.165, 1.54) is 0 Å². The first kappa shape index (κ1) is 17.9. The molecule has 1 aromatic carbocycles. The van der Waals surface area contributed by atoms with Gasteiger partial charge in [-0.3, -0.25) is 4.79 Å². The topological polar surface area (TPSA) is 68.0 Å². The summed E-state index contributed by atoms with van der Waals surface area (Å²) in [5.41, 5.74) is 7.75. The molecule has 0 saturated carbocycles. The molecule has 0 spiro atoms. The third-order valence-electron chi connectivity index (χ3n) is 3.88. The van der Waals surface area contributed by atoms with Gasteiger partial charge >= 0.3 is 0 Å². The van der Waals surface area contributed by atoms with Crippen molar-refractivity contribution >= 4 is 28.8 Å². The molecule has 0 aliphatic carbocycles. The standard InChI is InChI=1S/C17H22ClN3OS/c1-9(10(2)19)16(22)20-11(3)15-12(4)21-17(23-15)13-5-7-14(18)8-6-13/h5-11H,19H2,1-4H3,(H,20,22). The highest BCUT2D eigenvalue weighted by molar-refractivity contribution is 7.15. The zero-order valence-electron chi connectivity index (χ0n) is 13.8. The molecule has 6 heteroatoms. The van der Waals surface area contributed by atoms with E-state index >= 15 is 0 Å². The number of carbonyl (C=O) groups excluding carboxylic acids is 1. The molecule has 0 radical (unpaired) electrons. The minimum absolute atomic E-state index is 0.0339. The van der Waals surface area contributed by atoms with Gasteiger partial charge in [0.05, 0.1) is 16.6 Å². The van der Waals surface area contributed by atoms with Gasteiger partial charge in [-0.2, -0.15) is 0 Å². The van der Waals surface area contributed by atoms with Crippen LogP contribution in [0.2, 0.25) is 5.02 Å². The molecule has 124 valence electrons. The fraction of sp³-hybridized carbons (Fsp3) is 0.412. The number of nitrogens with zero attached hydrogens (tertiary/aromatic N) is 1. The molecule has 3 unspecified atom stereocenters. The number of rotatable bonds is 5. The van der Waals surface area contributed by atoms with Gasteiger partial charge in [0, 0.05) is 22.5 Å². The van der Waals surface area contributed by atoms with E-state index in [4.69, 9.17) is 17.3 Å². The third kappa shape index (κ3) is 4.31. The second kappa shape index (κ2) is 7.43. The van der Waals surface area contributed by atoms with E-state index in [0.717, 1.165) is 21.1 Å². The molecule has 0 saturated heterocycles. The molecular formula is C17H22ClN3OS. The number of halogens is 1. The zero-order valence-corrected chi connectivity index (χ0v) is 15.3. The highest BCUT2D eigenvalue weighted by Crippen LogP contribution is 2.32. The molecule has 2 aromatic rings. The lowest BCUT2D eigenvalue weighted by atomic mass is 10.0. The van der Waals surface area contributed by atoms with E-state index in [1.807, 2.05) is 52.0 Å². The van der Waals surface area contributed by atoms with Gasteiger partial charge in [0.2, 0.25) is 5.91 Å². The van der Waals surface area contributed by atoms with Gasteiger partial charge in [-0.15, -0.1) is 11.3 Å². The summed E-state index contributed by atoms with van der Waals surface area (Å²) in [6.45, 7) is 7.61. The van der Waals surface area contributed by atoms with Crippen LogP contribution in [0.5, 0.6) is 0 Å². The molecule has 0 aliphatic heterocycles. The van der Waals surface area contributed by atoms with Crippen LogP contribution in [0.25, 0.3) is 10.6 Å². The first-order valence-electron chi connectivity index (χ1n) is 7.58. The van der Waals surface area contributed by atoms with Crippen LogP contribution >= 0.6 is 22.9 Å². The van der Waals surface area contributed by atoms with Crippen LogP contribution in [0.3, 0.4) is 0 Å². The monoisotopic (exact) mass is 351 g/mol. The van der Waals surface area contributed by atoms with Gasteiger partial charge in [0.25, 0.3) is 0 Å². The Morgan fingerprint density at radius 1 is 1.26 bits per heavy atom. The van der Waals surface area contributed by atoms with Crippen molar-refractivity contribution in [2.75, 3.05) is 0 Å². The molecule has 1 aromatic heterocycles. The van der Waals surface area contributed by atoms with Crippen molar-refractivity contribution in [1.82, 2.24) is 10.3 Å².